The molecule has 0 aromatic carbocycles. The van der Waals surface area contributed by atoms with E-state index in [-0.39, 0.29) is 0 Å². The summed E-state index contributed by atoms with van der Waals surface area (Å²) in [5.74, 6) is 4.13. The first-order chi connectivity index (χ1) is 9.31. The van der Waals surface area contributed by atoms with Crippen LogP contribution in [0.3, 0.4) is 0 Å². The summed E-state index contributed by atoms with van der Waals surface area (Å²) in [5, 5.41) is 0. The van der Waals surface area contributed by atoms with Crippen molar-refractivity contribution in [2.45, 2.75) is 43.9 Å². The molecule has 0 radical (unpaired) electrons. The van der Waals surface area contributed by atoms with E-state index in [2.05, 4.69) is 16.0 Å². The molecule has 6 rings (SSSR count). The molecule has 2 heterocycles. The third-order valence-electron chi connectivity index (χ3n) is 5.80. The van der Waals surface area contributed by atoms with Crippen LogP contribution in [0.2, 0.25) is 0 Å². The first-order valence-electron chi connectivity index (χ1n) is 7.62. The van der Waals surface area contributed by atoms with Crippen molar-refractivity contribution in [3.63, 3.8) is 0 Å². The Balaban J connectivity index is 1.64. The van der Waals surface area contributed by atoms with Gasteiger partial charge < -0.3 is 4.98 Å². The third kappa shape index (κ3) is 1.39. The van der Waals surface area contributed by atoms with E-state index in [4.69, 9.17) is 4.98 Å². The molecule has 3 nitrogen and oxygen atoms in total. The standard InChI is InChI=1S/C16H19N3/c1-2-13-14(17-3-1)19-15(18-13)16-7-10-4-11(8-16)6-12(5-10)9-16/h1-3,10-12H,4-9H2,(H,17,18,19). The average Bonchev–Trinajstić information content (AvgIpc) is 2.81. The summed E-state index contributed by atoms with van der Waals surface area (Å²) in [7, 11) is 0. The summed E-state index contributed by atoms with van der Waals surface area (Å²) in [5.41, 5.74) is 2.36. The van der Waals surface area contributed by atoms with Crippen molar-refractivity contribution in [1.82, 2.24) is 15.0 Å². The van der Waals surface area contributed by atoms with E-state index < -0.39 is 0 Å². The lowest BCUT2D eigenvalue weighted by Crippen LogP contribution is -2.49. The summed E-state index contributed by atoms with van der Waals surface area (Å²) in [6.07, 6.45) is 10.4. The highest BCUT2D eigenvalue weighted by Gasteiger charge is 2.53. The minimum atomic E-state index is 0.357. The van der Waals surface area contributed by atoms with Crippen LogP contribution in [0.1, 0.15) is 44.3 Å². The molecule has 4 aliphatic rings. The lowest BCUT2D eigenvalue weighted by Gasteiger charge is -2.55. The van der Waals surface area contributed by atoms with Crippen LogP contribution in [0.5, 0.6) is 0 Å². The normalized spacial score (nSPS) is 40.1. The zero-order valence-electron chi connectivity index (χ0n) is 11.1. The molecule has 4 aliphatic carbocycles. The van der Waals surface area contributed by atoms with E-state index >= 15 is 0 Å². The lowest BCUT2D eigenvalue weighted by molar-refractivity contribution is -0.00887. The molecule has 0 amide bonds. The summed E-state index contributed by atoms with van der Waals surface area (Å²) < 4.78 is 0. The third-order valence-corrected chi connectivity index (χ3v) is 5.80. The Kier molecular flexibility index (Phi) is 1.85. The molecular formula is C16H19N3. The van der Waals surface area contributed by atoms with Gasteiger partial charge in [-0.25, -0.2) is 9.97 Å². The average molecular weight is 253 g/mol. The molecule has 4 saturated carbocycles. The minimum absolute atomic E-state index is 0.357. The van der Waals surface area contributed by atoms with E-state index in [1.54, 1.807) is 0 Å². The van der Waals surface area contributed by atoms with Gasteiger partial charge >= 0.3 is 0 Å². The van der Waals surface area contributed by atoms with Gasteiger partial charge in [-0.05, 0) is 68.4 Å². The van der Waals surface area contributed by atoms with Crippen molar-refractivity contribution < 1.29 is 0 Å². The van der Waals surface area contributed by atoms with Crippen LogP contribution < -0.4 is 0 Å². The van der Waals surface area contributed by atoms with Crippen LogP contribution in [0.15, 0.2) is 18.3 Å². The van der Waals surface area contributed by atoms with Crippen LogP contribution in [0, 0.1) is 17.8 Å². The molecular weight excluding hydrogens is 234 g/mol. The van der Waals surface area contributed by atoms with Gasteiger partial charge in [0.25, 0.3) is 0 Å². The quantitative estimate of drug-likeness (QED) is 0.846. The van der Waals surface area contributed by atoms with E-state index in [1.807, 2.05) is 12.3 Å². The summed E-state index contributed by atoms with van der Waals surface area (Å²) in [6, 6.07) is 4.09. The molecule has 3 heteroatoms. The Hall–Kier alpha value is -1.38. The molecule has 0 aliphatic heterocycles. The molecule has 2 aromatic heterocycles. The van der Waals surface area contributed by atoms with Crippen molar-refractivity contribution in [1.29, 1.82) is 0 Å². The van der Waals surface area contributed by atoms with Gasteiger partial charge in [0.15, 0.2) is 5.65 Å². The second-order valence-electron chi connectivity index (χ2n) is 7.16. The molecule has 2 aromatic rings. The molecule has 0 spiro atoms. The number of rotatable bonds is 1. The van der Waals surface area contributed by atoms with Gasteiger partial charge in [-0.3, -0.25) is 0 Å². The maximum absolute atomic E-state index is 4.84. The van der Waals surface area contributed by atoms with Crippen molar-refractivity contribution >= 4 is 11.2 Å². The maximum atomic E-state index is 4.84. The number of aromatic nitrogens is 3. The van der Waals surface area contributed by atoms with Crippen molar-refractivity contribution in [3.05, 3.63) is 24.2 Å². The molecule has 19 heavy (non-hydrogen) atoms. The fourth-order valence-corrected chi connectivity index (χ4v) is 5.50. The number of nitrogens with zero attached hydrogens (tertiary/aromatic N) is 2. The van der Waals surface area contributed by atoms with Gasteiger partial charge in [0.05, 0.1) is 5.52 Å². The van der Waals surface area contributed by atoms with Crippen LogP contribution in [0.25, 0.3) is 11.2 Å². The number of H-pyrrole nitrogens is 1. The molecule has 98 valence electrons. The minimum Gasteiger partial charge on any atom is -0.340 e. The largest absolute Gasteiger partial charge is 0.340 e. The zero-order chi connectivity index (χ0) is 12.4. The second-order valence-corrected chi connectivity index (χ2v) is 7.16. The number of hydrogen-bond acceptors (Lipinski definition) is 2. The number of hydrogen-bond donors (Lipinski definition) is 1. The number of nitrogens with one attached hydrogen (secondary N) is 1. The van der Waals surface area contributed by atoms with Gasteiger partial charge in [0.2, 0.25) is 0 Å². The topological polar surface area (TPSA) is 41.6 Å². The summed E-state index contributed by atoms with van der Waals surface area (Å²) in [4.78, 5) is 12.8. The van der Waals surface area contributed by atoms with Crippen LogP contribution in [-0.2, 0) is 5.41 Å². The summed E-state index contributed by atoms with van der Waals surface area (Å²) in [6.45, 7) is 0. The van der Waals surface area contributed by atoms with Crippen LogP contribution in [-0.4, -0.2) is 15.0 Å². The van der Waals surface area contributed by atoms with Crippen molar-refractivity contribution in [3.8, 4) is 0 Å². The fourth-order valence-electron chi connectivity index (χ4n) is 5.50. The molecule has 0 atom stereocenters. The monoisotopic (exact) mass is 253 g/mol. The van der Waals surface area contributed by atoms with Gasteiger partial charge in [-0.2, -0.15) is 0 Å². The second kappa shape index (κ2) is 3.38. The van der Waals surface area contributed by atoms with Gasteiger partial charge in [0, 0.05) is 11.6 Å². The zero-order valence-corrected chi connectivity index (χ0v) is 11.1. The Morgan fingerprint density at radius 1 is 1.05 bits per heavy atom. The highest BCUT2D eigenvalue weighted by Crippen LogP contribution is 2.60. The number of pyridine rings is 1. The van der Waals surface area contributed by atoms with Crippen molar-refractivity contribution in [2.75, 3.05) is 0 Å². The maximum Gasteiger partial charge on any atom is 0.177 e. The number of aromatic amines is 1. The Morgan fingerprint density at radius 2 is 1.74 bits per heavy atom. The molecule has 4 fully saturated rings. The van der Waals surface area contributed by atoms with E-state index in [9.17, 15) is 0 Å². The van der Waals surface area contributed by atoms with E-state index in [0.717, 1.165) is 28.9 Å². The molecule has 1 N–H and O–H groups in total. The first kappa shape index (κ1) is 10.4. The van der Waals surface area contributed by atoms with Crippen LogP contribution >= 0.6 is 0 Å². The predicted molar refractivity (Wildman–Crippen MR) is 73.7 cm³/mol. The Labute approximate surface area is 112 Å². The lowest BCUT2D eigenvalue weighted by atomic mass is 9.49. The van der Waals surface area contributed by atoms with Gasteiger partial charge in [-0.1, -0.05) is 0 Å². The van der Waals surface area contributed by atoms with Crippen molar-refractivity contribution in [2.24, 2.45) is 17.8 Å². The van der Waals surface area contributed by atoms with Gasteiger partial charge in [0.1, 0.15) is 5.82 Å². The first-order valence-corrected chi connectivity index (χ1v) is 7.62. The van der Waals surface area contributed by atoms with E-state index in [1.165, 1.54) is 44.3 Å². The summed E-state index contributed by atoms with van der Waals surface area (Å²) >= 11 is 0. The Bertz CT molecular complexity index is 574. The highest BCUT2D eigenvalue weighted by molar-refractivity contribution is 5.70. The highest BCUT2D eigenvalue weighted by atomic mass is 15.0. The van der Waals surface area contributed by atoms with E-state index in [0.29, 0.717) is 5.41 Å². The van der Waals surface area contributed by atoms with Crippen LogP contribution in [0.4, 0.5) is 0 Å². The molecule has 4 bridgehead atoms. The smallest absolute Gasteiger partial charge is 0.177 e. The van der Waals surface area contributed by atoms with Gasteiger partial charge in [-0.15, -0.1) is 0 Å². The predicted octanol–water partition coefficient (Wildman–Crippen LogP) is 3.43. The Morgan fingerprint density at radius 3 is 2.37 bits per heavy atom. The number of fused-ring (bicyclic) bond motifs is 1. The molecule has 0 saturated heterocycles. The molecule has 0 unspecified atom stereocenters. The fraction of sp³-hybridized carbons (Fsp3) is 0.625. The SMILES string of the molecule is c1cnc2nc(C34CC5CC(CC(C5)C3)C4)[nH]c2c1. The number of imidazole rings is 1.